The fourth-order valence-electron chi connectivity index (χ4n) is 3.70. The second-order valence-electron chi connectivity index (χ2n) is 6.87. The molecule has 2 fully saturated rings. The van der Waals surface area contributed by atoms with E-state index >= 15 is 0 Å². The zero-order valence-corrected chi connectivity index (χ0v) is 15.1. The molecule has 132 valence electrons. The maximum atomic E-state index is 12.4. The summed E-state index contributed by atoms with van der Waals surface area (Å²) in [4.78, 5) is 22.9. The van der Waals surface area contributed by atoms with Gasteiger partial charge < -0.3 is 15.0 Å². The van der Waals surface area contributed by atoms with Crippen LogP contribution in [0.1, 0.15) is 28.8 Å². The molecule has 2 aromatic heterocycles. The number of hydrogen-bond donors (Lipinski definition) is 1. The van der Waals surface area contributed by atoms with E-state index < -0.39 is 0 Å². The summed E-state index contributed by atoms with van der Waals surface area (Å²) in [6, 6.07) is 1.89. The average Bonchev–Trinajstić information content (AvgIpc) is 3.24. The number of nitrogens with one attached hydrogen (secondary N) is 1. The highest BCUT2D eigenvalue weighted by atomic mass is 32.1. The van der Waals surface area contributed by atoms with Gasteiger partial charge in [0.05, 0.1) is 18.7 Å². The van der Waals surface area contributed by atoms with Crippen LogP contribution >= 0.6 is 11.3 Å². The molecule has 0 unspecified atom stereocenters. The Kier molecular flexibility index (Phi) is 4.43. The largest absolute Gasteiger partial charge is 0.371 e. The maximum absolute atomic E-state index is 12.4. The summed E-state index contributed by atoms with van der Waals surface area (Å²) in [5, 5.41) is 7.13. The molecule has 1 spiro atoms. The minimum atomic E-state index is -0.151. The van der Waals surface area contributed by atoms with Crippen LogP contribution in [0.15, 0.2) is 29.2 Å². The van der Waals surface area contributed by atoms with Crippen LogP contribution in [0.25, 0.3) is 0 Å². The van der Waals surface area contributed by atoms with Gasteiger partial charge in [-0.3, -0.25) is 4.79 Å². The van der Waals surface area contributed by atoms with Gasteiger partial charge in [-0.15, -0.1) is 0 Å². The van der Waals surface area contributed by atoms with Crippen LogP contribution in [0.4, 0.5) is 5.95 Å². The number of aromatic nitrogens is 2. The first-order chi connectivity index (χ1) is 12.2. The third-order valence-corrected chi connectivity index (χ3v) is 5.81. The molecule has 0 saturated carbocycles. The minimum absolute atomic E-state index is 0.118. The molecular formula is C18H22N4O2S. The molecule has 7 heteroatoms. The number of hydrogen-bond acceptors (Lipinski definition) is 6. The Hall–Kier alpha value is -1.99. The molecule has 25 heavy (non-hydrogen) atoms. The lowest BCUT2D eigenvalue weighted by Crippen LogP contribution is -2.66. The summed E-state index contributed by atoms with van der Waals surface area (Å²) in [7, 11) is 0. The first-order valence-electron chi connectivity index (χ1n) is 8.64. The fourth-order valence-corrected chi connectivity index (χ4v) is 4.33. The first kappa shape index (κ1) is 16.5. The van der Waals surface area contributed by atoms with E-state index in [0.29, 0.717) is 25.0 Å². The summed E-state index contributed by atoms with van der Waals surface area (Å²) in [6.07, 6.45) is 5.68. The van der Waals surface area contributed by atoms with E-state index in [9.17, 15) is 4.79 Å². The smallest absolute Gasteiger partial charge is 0.254 e. The Balaban J connectivity index is 1.29. The predicted molar refractivity (Wildman–Crippen MR) is 96.9 cm³/mol. The number of ether oxygens (including phenoxy) is 1. The lowest BCUT2D eigenvalue weighted by molar-refractivity contribution is -0.117. The van der Waals surface area contributed by atoms with Crippen molar-refractivity contribution in [1.29, 1.82) is 0 Å². The predicted octanol–water partition coefficient (Wildman–Crippen LogP) is 2.58. The third-order valence-electron chi connectivity index (χ3n) is 5.13. The number of likely N-dealkylation sites (tertiary alicyclic amines) is 1. The van der Waals surface area contributed by atoms with Gasteiger partial charge in [-0.05, 0) is 42.7 Å². The summed E-state index contributed by atoms with van der Waals surface area (Å²) in [5.74, 6) is 1.26. The van der Waals surface area contributed by atoms with Crippen LogP contribution in [0, 0.1) is 12.8 Å². The maximum Gasteiger partial charge on any atom is 0.254 e. The highest BCUT2D eigenvalue weighted by Crippen LogP contribution is 2.42. The van der Waals surface area contributed by atoms with Gasteiger partial charge in [0.2, 0.25) is 5.95 Å². The highest BCUT2D eigenvalue weighted by molar-refractivity contribution is 7.08. The zero-order valence-electron chi connectivity index (χ0n) is 14.3. The van der Waals surface area contributed by atoms with E-state index in [1.54, 1.807) is 11.3 Å². The normalized spacial score (nSPS) is 21.3. The number of rotatable bonds is 5. The minimum Gasteiger partial charge on any atom is -0.371 e. The van der Waals surface area contributed by atoms with Crippen molar-refractivity contribution >= 4 is 23.2 Å². The second kappa shape index (κ2) is 6.72. The SMILES string of the molecule is Cc1cnc(NCC[C@H]2CCOC23CN(C(=O)c2ccsc2)C3)nc1. The van der Waals surface area contributed by atoms with Crippen molar-refractivity contribution in [2.45, 2.75) is 25.4 Å². The van der Waals surface area contributed by atoms with E-state index in [1.807, 2.05) is 41.0 Å². The van der Waals surface area contributed by atoms with Crippen LogP contribution in [-0.2, 0) is 4.74 Å². The van der Waals surface area contributed by atoms with E-state index in [1.165, 1.54) is 0 Å². The van der Waals surface area contributed by atoms with Crippen LogP contribution in [0.5, 0.6) is 0 Å². The summed E-state index contributed by atoms with van der Waals surface area (Å²) >= 11 is 1.56. The quantitative estimate of drug-likeness (QED) is 0.890. The summed E-state index contributed by atoms with van der Waals surface area (Å²) in [5.41, 5.74) is 1.69. The summed E-state index contributed by atoms with van der Waals surface area (Å²) < 4.78 is 6.05. The molecule has 0 bridgehead atoms. The molecule has 1 N–H and O–H groups in total. The van der Waals surface area contributed by atoms with E-state index in [4.69, 9.17) is 4.74 Å². The molecule has 6 nitrogen and oxygen atoms in total. The van der Waals surface area contributed by atoms with Gasteiger partial charge in [-0.2, -0.15) is 11.3 Å². The highest BCUT2D eigenvalue weighted by Gasteiger charge is 2.54. The second-order valence-corrected chi connectivity index (χ2v) is 7.65. The van der Waals surface area contributed by atoms with Crippen molar-refractivity contribution in [1.82, 2.24) is 14.9 Å². The monoisotopic (exact) mass is 358 g/mol. The van der Waals surface area contributed by atoms with Crippen molar-refractivity contribution in [2.75, 3.05) is 31.6 Å². The van der Waals surface area contributed by atoms with Gasteiger partial charge in [0, 0.05) is 30.9 Å². The molecule has 4 rings (SSSR count). The Morgan fingerprint density at radius 1 is 1.44 bits per heavy atom. The van der Waals surface area contributed by atoms with Crippen LogP contribution in [-0.4, -0.2) is 52.6 Å². The lowest BCUT2D eigenvalue weighted by atomic mass is 9.78. The molecule has 2 aliphatic rings. The molecule has 0 aliphatic carbocycles. The Morgan fingerprint density at radius 2 is 2.24 bits per heavy atom. The molecule has 0 aromatic carbocycles. The van der Waals surface area contributed by atoms with Gasteiger partial charge in [-0.1, -0.05) is 0 Å². The number of carbonyl (C=O) groups is 1. The topological polar surface area (TPSA) is 67.4 Å². The first-order valence-corrected chi connectivity index (χ1v) is 9.58. The van der Waals surface area contributed by atoms with Gasteiger partial charge in [-0.25, -0.2) is 9.97 Å². The number of carbonyl (C=O) groups excluding carboxylic acids is 1. The van der Waals surface area contributed by atoms with Crippen molar-refractivity contribution in [3.05, 3.63) is 40.3 Å². The van der Waals surface area contributed by atoms with Gasteiger partial charge in [0.1, 0.15) is 5.60 Å². The molecule has 2 aliphatic heterocycles. The van der Waals surface area contributed by atoms with Crippen molar-refractivity contribution in [3.8, 4) is 0 Å². The van der Waals surface area contributed by atoms with E-state index in [2.05, 4.69) is 15.3 Å². The average molecular weight is 358 g/mol. The third kappa shape index (κ3) is 3.26. The number of nitrogens with zero attached hydrogens (tertiary/aromatic N) is 3. The van der Waals surface area contributed by atoms with Crippen molar-refractivity contribution in [2.24, 2.45) is 5.92 Å². The van der Waals surface area contributed by atoms with Crippen LogP contribution < -0.4 is 5.32 Å². The van der Waals surface area contributed by atoms with Gasteiger partial charge in [0.15, 0.2) is 0 Å². The number of aryl methyl sites for hydroxylation is 1. The van der Waals surface area contributed by atoms with Crippen LogP contribution in [0.3, 0.4) is 0 Å². The van der Waals surface area contributed by atoms with Crippen molar-refractivity contribution < 1.29 is 9.53 Å². The molecule has 4 heterocycles. The van der Waals surface area contributed by atoms with Crippen molar-refractivity contribution in [3.63, 3.8) is 0 Å². The molecular weight excluding hydrogens is 336 g/mol. The van der Waals surface area contributed by atoms with Crippen LogP contribution in [0.2, 0.25) is 0 Å². The summed E-state index contributed by atoms with van der Waals surface area (Å²) in [6.45, 7) is 4.98. The van der Waals surface area contributed by atoms with E-state index in [0.717, 1.165) is 37.1 Å². The molecule has 0 radical (unpaired) electrons. The lowest BCUT2D eigenvalue weighted by Gasteiger charge is -2.50. The molecule has 1 atom stereocenters. The molecule has 2 aromatic rings. The standard InChI is InChI=1S/C18H22N4O2S/c1-13-8-20-17(21-9-13)19-5-2-15-3-6-24-18(15)11-22(12-18)16(23)14-4-7-25-10-14/h4,7-10,15H,2-3,5-6,11-12H2,1H3,(H,19,20,21)/t15-/m0/s1. The van der Waals surface area contributed by atoms with Gasteiger partial charge in [0.25, 0.3) is 5.91 Å². The fraction of sp³-hybridized carbons (Fsp3) is 0.500. The number of thiophene rings is 1. The Labute approximate surface area is 151 Å². The number of anilines is 1. The zero-order chi connectivity index (χ0) is 17.3. The number of amides is 1. The molecule has 2 saturated heterocycles. The van der Waals surface area contributed by atoms with Gasteiger partial charge >= 0.3 is 0 Å². The Morgan fingerprint density at radius 3 is 2.96 bits per heavy atom. The Bertz CT molecular complexity index is 726. The molecule has 1 amide bonds. The van der Waals surface area contributed by atoms with E-state index in [-0.39, 0.29) is 11.5 Å².